The van der Waals surface area contributed by atoms with Crippen LogP contribution in [0.2, 0.25) is 0 Å². The van der Waals surface area contributed by atoms with Crippen molar-refractivity contribution in [3.05, 3.63) is 60.2 Å². The van der Waals surface area contributed by atoms with Crippen LogP contribution in [0, 0.1) is 0 Å². The largest absolute Gasteiger partial charge is 0.481 e. The molecule has 25 heavy (non-hydrogen) atoms. The van der Waals surface area contributed by atoms with Crippen LogP contribution in [0.15, 0.2) is 54.6 Å². The van der Waals surface area contributed by atoms with Gasteiger partial charge in [-0.15, -0.1) is 0 Å². The topological polar surface area (TPSA) is 67.4 Å². The summed E-state index contributed by atoms with van der Waals surface area (Å²) < 4.78 is 5.62. The summed E-state index contributed by atoms with van der Waals surface area (Å²) in [6, 6.07) is 16.1. The van der Waals surface area contributed by atoms with Crippen LogP contribution in [-0.2, 0) is 4.79 Å². The second kappa shape index (κ2) is 9.47. The second-order valence-electron chi connectivity index (χ2n) is 5.72. The van der Waals surface area contributed by atoms with E-state index < -0.39 is 6.10 Å². The molecule has 2 N–H and O–H groups in total. The zero-order chi connectivity index (χ0) is 18.1. The lowest BCUT2D eigenvalue weighted by Crippen LogP contribution is -2.32. The van der Waals surface area contributed by atoms with Gasteiger partial charge in [0.15, 0.2) is 6.10 Å². The summed E-state index contributed by atoms with van der Waals surface area (Å²) in [7, 11) is 0. The highest BCUT2D eigenvalue weighted by Gasteiger charge is 2.18. The third-order valence-corrected chi connectivity index (χ3v) is 3.67. The van der Waals surface area contributed by atoms with Gasteiger partial charge in [-0.25, -0.2) is 0 Å². The first-order valence-electron chi connectivity index (χ1n) is 8.51. The van der Waals surface area contributed by atoms with Gasteiger partial charge in [0.2, 0.25) is 0 Å². The smallest absolute Gasteiger partial charge is 0.265 e. The number of ether oxygens (including phenoxy) is 1. The molecule has 5 nitrogen and oxygen atoms in total. The predicted octanol–water partition coefficient (Wildman–Crippen LogP) is 3.62. The van der Waals surface area contributed by atoms with Gasteiger partial charge in [-0.05, 0) is 37.6 Å². The van der Waals surface area contributed by atoms with Crippen molar-refractivity contribution in [2.75, 3.05) is 11.9 Å². The molecule has 0 aliphatic heterocycles. The second-order valence-corrected chi connectivity index (χ2v) is 5.72. The monoisotopic (exact) mass is 340 g/mol. The number of para-hydroxylation sites is 2. The first-order valence-corrected chi connectivity index (χ1v) is 8.51. The molecule has 0 aliphatic rings. The summed E-state index contributed by atoms with van der Waals surface area (Å²) in [6.07, 6.45) is 1.24. The molecule has 0 fully saturated rings. The molecule has 2 aromatic carbocycles. The van der Waals surface area contributed by atoms with Gasteiger partial charge in [0, 0.05) is 6.54 Å². The standard InChI is InChI=1S/C20H24N2O3/c1-3-4-14-21-20(24)17-12-8-9-13-18(17)22-19(23)15(2)25-16-10-6-5-7-11-16/h5-13,15H,3-4,14H2,1-2H3,(H,21,24)(H,22,23)/t15-/m1/s1. The Kier molecular flexibility index (Phi) is 7.01. The molecule has 0 saturated carbocycles. The van der Waals surface area contributed by atoms with Crippen molar-refractivity contribution in [3.8, 4) is 5.75 Å². The number of carbonyl (C=O) groups excluding carboxylic acids is 2. The first kappa shape index (κ1) is 18.5. The quantitative estimate of drug-likeness (QED) is 0.721. The summed E-state index contributed by atoms with van der Waals surface area (Å²) >= 11 is 0. The molecule has 0 unspecified atom stereocenters. The van der Waals surface area contributed by atoms with E-state index in [-0.39, 0.29) is 11.8 Å². The van der Waals surface area contributed by atoms with Crippen molar-refractivity contribution in [1.29, 1.82) is 0 Å². The average molecular weight is 340 g/mol. The van der Waals surface area contributed by atoms with Gasteiger partial charge in [0.25, 0.3) is 11.8 Å². The van der Waals surface area contributed by atoms with Gasteiger partial charge in [-0.1, -0.05) is 43.7 Å². The minimum atomic E-state index is -0.682. The Morgan fingerprint density at radius 3 is 2.44 bits per heavy atom. The number of hydrogen-bond acceptors (Lipinski definition) is 3. The molecular formula is C20H24N2O3. The Labute approximate surface area is 148 Å². The molecule has 132 valence electrons. The maximum Gasteiger partial charge on any atom is 0.265 e. The molecule has 0 saturated heterocycles. The maximum absolute atomic E-state index is 12.4. The van der Waals surface area contributed by atoms with Crippen molar-refractivity contribution < 1.29 is 14.3 Å². The van der Waals surface area contributed by atoms with E-state index in [1.807, 2.05) is 18.2 Å². The van der Waals surface area contributed by atoms with Gasteiger partial charge >= 0.3 is 0 Å². The van der Waals surface area contributed by atoms with Crippen LogP contribution in [0.5, 0.6) is 5.75 Å². The SMILES string of the molecule is CCCCNC(=O)c1ccccc1NC(=O)[C@@H](C)Oc1ccccc1. The number of carbonyl (C=O) groups is 2. The van der Waals surface area contributed by atoms with Crippen LogP contribution in [-0.4, -0.2) is 24.5 Å². The highest BCUT2D eigenvalue weighted by molar-refractivity contribution is 6.04. The van der Waals surface area contributed by atoms with Crippen LogP contribution in [0.4, 0.5) is 5.69 Å². The number of hydrogen-bond donors (Lipinski definition) is 2. The highest BCUT2D eigenvalue weighted by Crippen LogP contribution is 2.17. The van der Waals surface area contributed by atoms with Crippen molar-refractivity contribution in [2.24, 2.45) is 0 Å². The predicted molar refractivity (Wildman–Crippen MR) is 98.8 cm³/mol. The molecule has 0 spiro atoms. The third kappa shape index (κ3) is 5.64. The molecule has 0 radical (unpaired) electrons. The Morgan fingerprint density at radius 1 is 1.04 bits per heavy atom. The molecule has 0 bridgehead atoms. The van der Waals surface area contributed by atoms with E-state index in [9.17, 15) is 9.59 Å². The van der Waals surface area contributed by atoms with E-state index in [0.717, 1.165) is 12.8 Å². The lowest BCUT2D eigenvalue weighted by atomic mass is 10.1. The summed E-state index contributed by atoms with van der Waals surface area (Å²) in [5.74, 6) is 0.120. The maximum atomic E-state index is 12.4. The van der Waals surface area contributed by atoms with Crippen molar-refractivity contribution >= 4 is 17.5 Å². The fourth-order valence-corrected chi connectivity index (χ4v) is 2.26. The Morgan fingerprint density at radius 2 is 1.72 bits per heavy atom. The van der Waals surface area contributed by atoms with E-state index in [2.05, 4.69) is 17.6 Å². The minimum Gasteiger partial charge on any atom is -0.481 e. The molecule has 0 heterocycles. The lowest BCUT2D eigenvalue weighted by molar-refractivity contribution is -0.122. The van der Waals surface area contributed by atoms with Crippen LogP contribution in [0.25, 0.3) is 0 Å². The van der Waals surface area contributed by atoms with Crippen molar-refractivity contribution in [2.45, 2.75) is 32.8 Å². The van der Waals surface area contributed by atoms with E-state index >= 15 is 0 Å². The molecule has 0 aliphatic carbocycles. The number of rotatable bonds is 8. The molecular weight excluding hydrogens is 316 g/mol. The zero-order valence-corrected chi connectivity index (χ0v) is 14.6. The average Bonchev–Trinajstić information content (AvgIpc) is 2.63. The van der Waals surface area contributed by atoms with Gasteiger partial charge in [-0.2, -0.15) is 0 Å². The van der Waals surface area contributed by atoms with Gasteiger partial charge < -0.3 is 15.4 Å². The third-order valence-electron chi connectivity index (χ3n) is 3.67. The highest BCUT2D eigenvalue weighted by atomic mass is 16.5. The molecule has 0 aromatic heterocycles. The number of benzene rings is 2. The van der Waals surface area contributed by atoms with Crippen LogP contribution in [0.3, 0.4) is 0 Å². The number of nitrogens with one attached hydrogen (secondary N) is 2. The zero-order valence-electron chi connectivity index (χ0n) is 14.6. The first-order chi connectivity index (χ1) is 12.1. The summed E-state index contributed by atoms with van der Waals surface area (Å²) in [5.41, 5.74) is 0.920. The number of anilines is 1. The van der Waals surface area contributed by atoms with Gasteiger partial charge in [0.05, 0.1) is 11.3 Å². The Bertz CT molecular complexity index is 701. The Balaban J connectivity index is 2.01. The molecule has 5 heteroatoms. The normalized spacial score (nSPS) is 11.4. The summed E-state index contributed by atoms with van der Waals surface area (Å²) in [5, 5.41) is 5.64. The molecule has 1 atom stereocenters. The van der Waals surface area contributed by atoms with Crippen molar-refractivity contribution in [3.63, 3.8) is 0 Å². The van der Waals surface area contributed by atoms with Gasteiger partial charge in [-0.3, -0.25) is 9.59 Å². The van der Waals surface area contributed by atoms with Crippen LogP contribution < -0.4 is 15.4 Å². The molecule has 2 amide bonds. The Hall–Kier alpha value is -2.82. The van der Waals surface area contributed by atoms with E-state index in [1.54, 1.807) is 43.3 Å². The van der Waals surface area contributed by atoms with Crippen LogP contribution >= 0.6 is 0 Å². The number of amides is 2. The van der Waals surface area contributed by atoms with Crippen molar-refractivity contribution in [1.82, 2.24) is 5.32 Å². The fourth-order valence-electron chi connectivity index (χ4n) is 2.26. The lowest BCUT2D eigenvalue weighted by Gasteiger charge is -2.16. The van der Waals surface area contributed by atoms with E-state index in [1.165, 1.54) is 0 Å². The minimum absolute atomic E-state index is 0.194. The molecule has 2 rings (SSSR count). The molecule has 2 aromatic rings. The van der Waals surface area contributed by atoms with Crippen LogP contribution in [0.1, 0.15) is 37.0 Å². The van der Waals surface area contributed by atoms with Gasteiger partial charge in [0.1, 0.15) is 5.75 Å². The van der Waals surface area contributed by atoms with E-state index in [0.29, 0.717) is 23.5 Å². The fraction of sp³-hybridized carbons (Fsp3) is 0.300. The number of unbranched alkanes of at least 4 members (excludes halogenated alkanes) is 1. The van der Waals surface area contributed by atoms with E-state index in [4.69, 9.17) is 4.74 Å². The summed E-state index contributed by atoms with van der Waals surface area (Å²) in [6.45, 7) is 4.35. The summed E-state index contributed by atoms with van der Waals surface area (Å²) in [4.78, 5) is 24.7.